The molecule has 1 saturated heterocycles. The fourth-order valence-electron chi connectivity index (χ4n) is 3.42. The van der Waals surface area contributed by atoms with Gasteiger partial charge in [0.15, 0.2) is 0 Å². The number of hydrogen-bond acceptors (Lipinski definition) is 5. The second-order valence-corrected chi connectivity index (χ2v) is 8.92. The Kier molecular flexibility index (Phi) is 7.18. The van der Waals surface area contributed by atoms with E-state index in [4.69, 9.17) is 9.47 Å². The van der Waals surface area contributed by atoms with Crippen LogP contribution in [0.3, 0.4) is 0 Å². The first-order valence-corrected chi connectivity index (χ1v) is 10.8. The van der Waals surface area contributed by atoms with Gasteiger partial charge in [-0.25, -0.2) is 9.59 Å². The molecule has 1 heterocycles. The topological polar surface area (TPSA) is 84.9 Å². The number of likely N-dealkylation sites (tertiary alicyclic amines) is 1. The Balaban J connectivity index is 1.50. The van der Waals surface area contributed by atoms with E-state index >= 15 is 0 Å². The Bertz CT molecular complexity index is 971. The van der Waals surface area contributed by atoms with Gasteiger partial charge in [-0.2, -0.15) is 0 Å². The van der Waals surface area contributed by atoms with Gasteiger partial charge in [0.05, 0.1) is 5.56 Å². The Hall–Kier alpha value is -3.35. The van der Waals surface area contributed by atoms with Crippen LogP contribution in [0, 0.1) is 6.92 Å². The molecule has 3 rings (SSSR count). The van der Waals surface area contributed by atoms with Crippen LogP contribution >= 0.6 is 0 Å². The van der Waals surface area contributed by atoms with E-state index in [0.717, 1.165) is 5.56 Å². The van der Waals surface area contributed by atoms with Gasteiger partial charge in [-0.15, -0.1) is 0 Å². The molecule has 32 heavy (non-hydrogen) atoms. The minimum atomic E-state index is -0.536. The van der Waals surface area contributed by atoms with Gasteiger partial charge in [-0.3, -0.25) is 4.79 Å². The number of nitrogens with one attached hydrogen (secondary N) is 1. The van der Waals surface area contributed by atoms with Crippen LogP contribution in [0.4, 0.5) is 10.5 Å². The molecule has 0 radical (unpaired) electrons. The summed E-state index contributed by atoms with van der Waals surface area (Å²) in [6.45, 7) is 8.34. The lowest BCUT2D eigenvalue weighted by Gasteiger charge is -2.33. The summed E-state index contributed by atoms with van der Waals surface area (Å²) < 4.78 is 11.0. The number of nitrogens with zero attached hydrogens (tertiary/aromatic N) is 1. The molecule has 170 valence electrons. The zero-order valence-corrected chi connectivity index (χ0v) is 19.0. The lowest BCUT2D eigenvalue weighted by Crippen LogP contribution is -2.43. The number of benzene rings is 2. The zero-order chi connectivity index (χ0) is 23.3. The summed E-state index contributed by atoms with van der Waals surface area (Å²) in [5.74, 6) is -0.618. The Morgan fingerprint density at radius 3 is 2.19 bits per heavy atom. The van der Waals surface area contributed by atoms with Gasteiger partial charge in [0.2, 0.25) is 0 Å². The van der Waals surface area contributed by atoms with E-state index in [-0.39, 0.29) is 18.1 Å². The lowest BCUT2D eigenvalue weighted by molar-refractivity contribution is -0.00341. The summed E-state index contributed by atoms with van der Waals surface area (Å²) in [4.78, 5) is 38.7. The van der Waals surface area contributed by atoms with Crippen LogP contribution in [0.5, 0.6) is 0 Å². The van der Waals surface area contributed by atoms with Crippen LogP contribution < -0.4 is 5.32 Å². The summed E-state index contributed by atoms with van der Waals surface area (Å²) in [5, 5.41) is 2.84. The average molecular weight is 439 g/mol. The van der Waals surface area contributed by atoms with Crippen molar-refractivity contribution >= 4 is 23.7 Å². The van der Waals surface area contributed by atoms with Crippen molar-refractivity contribution in [3.8, 4) is 0 Å². The number of rotatable bonds is 4. The molecule has 1 N–H and O–H groups in total. The van der Waals surface area contributed by atoms with Crippen molar-refractivity contribution < 1.29 is 23.9 Å². The number of amides is 2. The first-order valence-electron chi connectivity index (χ1n) is 10.8. The smallest absolute Gasteiger partial charge is 0.410 e. The molecule has 0 aromatic heterocycles. The van der Waals surface area contributed by atoms with Crippen molar-refractivity contribution in [2.45, 2.75) is 52.2 Å². The maximum absolute atomic E-state index is 12.5. The Morgan fingerprint density at radius 1 is 0.969 bits per heavy atom. The molecule has 7 nitrogen and oxygen atoms in total. The molecular formula is C25H30N2O5. The van der Waals surface area contributed by atoms with Crippen LogP contribution in [0.2, 0.25) is 0 Å². The molecule has 0 spiro atoms. The zero-order valence-electron chi connectivity index (χ0n) is 19.0. The quantitative estimate of drug-likeness (QED) is 0.693. The third-order valence-corrected chi connectivity index (χ3v) is 5.14. The van der Waals surface area contributed by atoms with Gasteiger partial charge in [0.25, 0.3) is 5.91 Å². The highest BCUT2D eigenvalue weighted by Gasteiger charge is 2.28. The van der Waals surface area contributed by atoms with E-state index in [0.29, 0.717) is 42.7 Å². The Morgan fingerprint density at radius 2 is 1.59 bits per heavy atom. The van der Waals surface area contributed by atoms with Crippen molar-refractivity contribution in [3.05, 3.63) is 65.2 Å². The number of aryl methyl sites for hydroxylation is 1. The van der Waals surface area contributed by atoms with E-state index in [1.165, 1.54) is 0 Å². The van der Waals surface area contributed by atoms with Crippen molar-refractivity contribution in [2.24, 2.45) is 0 Å². The van der Waals surface area contributed by atoms with Crippen molar-refractivity contribution in [3.63, 3.8) is 0 Å². The number of esters is 1. The van der Waals surface area contributed by atoms with Crippen molar-refractivity contribution in [1.82, 2.24) is 4.90 Å². The van der Waals surface area contributed by atoms with Crippen LogP contribution in [0.1, 0.15) is 59.9 Å². The fraction of sp³-hybridized carbons (Fsp3) is 0.400. The molecule has 1 aliphatic heterocycles. The van der Waals surface area contributed by atoms with Crippen LogP contribution in [-0.4, -0.2) is 47.7 Å². The summed E-state index contributed by atoms with van der Waals surface area (Å²) >= 11 is 0. The van der Waals surface area contributed by atoms with E-state index in [1.807, 2.05) is 45.9 Å². The lowest BCUT2D eigenvalue weighted by atomic mass is 10.1. The molecule has 1 fully saturated rings. The van der Waals surface area contributed by atoms with Gasteiger partial charge >= 0.3 is 12.1 Å². The summed E-state index contributed by atoms with van der Waals surface area (Å²) in [5.41, 5.74) is 1.97. The minimum absolute atomic E-state index is 0.199. The number of anilines is 1. The molecular weight excluding hydrogens is 408 g/mol. The largest absolute Gasteiger partial charge is 0.459 e. The van der Waals surface area contributed by atoms with Crippen LogP contribution in [0.15, 0.2) is 48.5 Å². The fourth-order valence-corrected chi connectivity index (χ4v) is 3.42. The van der Waals surface area contributed by atoms with Gasteiger partial charge < -0.3 is 19.7 Å². The van der Waals surface area contributed by atoms with E-state index in [2.05, 4.69) is 5.32 Å². The molecule has 0 bridgehead atoms. The highest BCUT2D eigenvalue weighted by Crippen LogP contribution is 2.20. The molecule has 0 saturated carbocycles. The monoisotopic (exact) mass is 438 g/mol. The number of hydrogen-bond donors (Lipinski definition) is 1. The number of carbonyl (C=O) groups excluding carboxylic acids is 3. The second kappa shape index (κ2) is 9.85. The SMILES string of the molecule is Cc1ccccc1C(=O)Nc1ccc(C(=O)OC2CCN(C(=O)OC(C)(C)C)CC2)cc1. The first kappa shape index (κ1) is 23.3. The third kappa shape index (κ3) is 6.33. The molecule has 7 heteroatoms. The highest BCUT2D eigenvalue weighted by molar-refractivity contribution is 6.05. The standard InChI is InChI=1S/C25H30N2O5/c1-17-7-5-6-8-21(17)22(28)26-19-11-9-18(10-12-19)23(29)31-20-13-15-27(16-14-20)24(30)32-25(2,3)4/h5-12,20H,13-16H2,1-4H3,(H,26,28). The molecule has 0 aliphatic carbocycles. The molecule has 2 aromatic carbocycles. The van der Waals surface area contributed by atoms with Crippen molar-refractivity contribution in [2.75, 3.05) is 18.4 Å². The van der Waals surface area contributed by atoms with E-state index < -0.39 is 11.6 Å². The van der Waals surface area contributed by atoms with Gasteiger partial charge in [-0.05, 0) is 63.6 Å². The number of ether oxygens (including phenoxy) is 2. The first-order chi connectivity index (χ1) is 15.1. The van der Waals surface area contributed by atoms with Crippen LogP contribution in [-0.2, 0) is 9.47 Å². The maximum Gasteiger partial charge on any atom is 0.410 e. The molecule has 2 aromatic rings. The molecule has 2 amide bonds. The van der Waals surface area contributed by atoms with Gasteiger partial charge in [0, 0.05) is 37.2 Å². The molecule has 1 aliphatic rings. The maximum atomic E-state index is 12.5. The number of carbonyl (C=O) groups is 3. The van der Waals surface area contributed by atoms with Gasteiger partial charge in [-0.1, -0.05) is 18.2 Å². The number of piperidine rings is 1. The summed E-state index contributed by atoms with van der Waals surface area (Å²) in [6.07, 6.45) is 0.540. The Labute approximate surface area is 188 Å². The van der Waals surface area contributed by atoms with E-state index in [9.17, 15) is 14.4 Å². The second-order valence-electron chi connectivity index (χ2n) is 8.92. The molecule has 0 unspecified atom stereocenters. The average Bonchev–Trinajstić information content (AvgIpc) is 2.73. The van der Waals surface area contributed by atoms with Crippen molar-refractivity contribution in [1.29, 1.82) is 0 Å². The van der Waals surface area contributed by atoms with E-state index in [1.54, 1.807) is 35.2 Å². The highest BCUT2D eigenvalue weighted by atomic mass is 16.6. The molecule has 0 atom stereocenters. The van der Waals surface area contributed by atoms with Crippen LogP contribution in [0.25, 0.3) is 0 Å². The summed E-state index contributed by atoms with van der Waals surface area (Å²) in [7, 11) is 0. The predicted octanol–water partition coefficient (Wildman–Crippen LogP) is 4.80. The third-order valence-electron chi connectivity index (χ3n) is 5.14. The van der Waals surface area contributed by atoms with Gasteiger partial charge in [0.1, 0.15) is 11.7 Å². The summed E-state index contributed by atoms with van der Waals surface area (Å²) in [6, 6.07) is 14.0. The minimum Gasteiger partial charge on any atom is -0.459 e. The normalized spacial score (nSPS) is 14.6. The predicted molar refractivity (Wildman–Crippen MR) is 122 cm³/mol.